The lowest BCUT2D eigenvalue weighted by Gasteiger charge is -2.33. The van der Waals surface area contributed by atoms with Gasteiger partial charge in [-0.1, -0.05) is 64.0 Å². The van der Waals surface area contributed by atoms with Crippen molar-refractivity contribution in [3.63, 3.8) is 0 Å². The van der Waals surface area contributed by atoms with E-state index >= 15 is 0 Å². The van der Waals surface area contributed by atoms with E-state index in [2.05, 4.69) is 25.7 Å². The van der Waals surface area contributed by atoms with Crippen LogP contribution < -0.4 is 15.8 Å². The van der Waals surface area contributed by atoms with Crippen molar-refractivity contribution < 1.29 is 18.3 Å². The molecule has 0 radical (unpaired) electrons. The highest BCUT2D eigenvalue weighted by Gasteiger charge is 2.24. The van der Waals surface area contributed by atoms with E-state index in [9.17, 15) is 13.6 Å². The molecule has 36 heavy (non-hydrogen) atoms. The number of carbonyl (C=O) groups excluding carboxylic acids is 1. The molecule has 0 bridgehead atoms. The first-order chi connectivity index (χ1) is 17.3. The topological polar surface area (TPSA) is 64.3 Å². The molecular weight excluding hydrogens is 458 g/mol. The fraction of sp³-hybridized carbons (Fsp3) is 0.300. The molecule has 0 heterocycles. The van der Waals surface area contributed by atoms with Gasteiger partial charge < -0.3 is 15.8 Å². The molecule has 1 aliphatic rings. The molecule has 2 atom stereocenters. The van der Waals surface area contributed by atoms with E-state index in [-0.39, 0.29) is 17.9 Å². The summed E-state index contributed by atoms with van der Waals surface area (Å²) in [6, 6.07) is 16.2. The Morgan fingerprint density at radius 1 is 1.03 bits per heavy atom. The molecule has 190 valence electrons. The maximum Gasteiger partial charge on any atom is 0.255 e. The summed E-state index contributed by atoms with van der Waals surface area (Å²) in [5, 5.41) is 2.73. The minimum absolute atomic E-state index is 0.0382. The molecule has 1 unspecified atom stereocenters. The highest BCUT2D eigenvalue weighted by Crippen LogP contribution is 2.36. The number of hydrogen-bond donors (Lipinski definition) is 2. The molecule has 4 nitrogen and oxygen atoms in total. The van der Waals surface area contributed by atoms with E-state index in [1.807, 2.05) is 12.1 Å². The lowest BCUT2D eigenvalue weighted by molar-refractivity contribution is 0.0948. The molecular formula is C30H34F2N2O2. The maximum absolute atomic E-state index is 13.7. The minimum atomic E-state index is -0.567. The van der Waals surface area contributed by atoms with Crippen molar-refractivity contribution in [2.24, 2.45) is 17.6 Å². The molecule has 0 spiro atoms. The first-order valence-corrected chi connectivity index (χ1v) is 12.3. The highest BCUT2D eigenvalue weighted by molar-refractivity contribution is 5.97. The van der Waals surface area contributed by atoms with Crippen LogP contribution in [0.4, 0.5) is 8.78 Å². The highest BCUT2D eigenvalue weighted by atomic mass is 19.1. The summed E-state index contributed by atoms with van der Waals surface area (Å²) in [6.07, 6.45) is 5.86. The van der Waals surface area contributed by atoms with Crippen molar-refractivity contribution >= 4 is 11.6 Å². The van der Waals surface area contributed by atoms with Crippen LogP contribution in [0.3, 0.4) is 0 Å². The molecule has 0 aliphatic heterocycles. The van der Waals surface area contributed by atoms with Gasteiger partial charge in [-0.3, -0.25) is 4.79 Å². The standard InChI is InChI=1S/C22H18F2N2O2.C8H16/c1-14(25)16-4-2-15(3-5-16)13-26-22(27)20-12-18(24)8-11-21(20)28-19-9-6-17(23)7-10-19;1-3-4-8-6-5-7(8)2/h2-12H,1,13,25H2,(H,26,27);7-8H,3-6H2,1-2H3/t;7?,8-/m.1/s1. The second-order valence-electron chi connectivity index (χ2n) is 9.20. The lowest BCUT2D eigenvalue weighted by Crippen LogP contribution is -2.23. The summed E-state index contributed by atoms with van der Waals surface area (Å²) in [5.74, 6) is 1.18. The molecule has 1 saturated carbocycles. The van der Waals surface area contributed by atoms with Crippen LogP contribution in [0.25, 0.3) is 5.70 Å². The summed E-state index contributed by atoms with van der Waals surface area (Å²) >= 11 is 0. The number of nitrogens with two attached hydrogens (primary N) is 1. The average Bonchev–Trinajstić information content (AvgIpc) is 2.88. The van der Waals surface area contributed by atoms with Gasteiger partial charge in [-0.15, -0.1) is 0 Å². The fourth-order valence-corrected chi connectivity index (χ4v) is 4.05. The van der Waals surface area contributed by atoms with Crippen molar-refractivity contribution in [2.75, 3.05) is 0 Å². The predicted molar refractivity (Wildman–Crippen MR) is 141 cm³/mol. The number of rotatable bonds is 8. The van der Waals surface area contributed by atoms with Gasteiger partial charge in [0.1, 0.15) is 23.1 Å². The summed E-state index contributed by atoms with van der Waals surface area (Å²) in [7, 11) is 0. The largest absolute Gasteiger partial charge is 0.457 e. The predicted octanol–water partition coefficient (Wildman–Crippen LogP) is 7.45. The third-order valence-corrected chi connectivity index (χ3v) is 6.46. The zero-order chi connectivity index (χ0) is 26.1. The summed E-state index contributed by atoms with van der Waals surface area (Å²) in [4.78, 5) is 12.6. The molecule has 3 N–H and O–H groups in total. The summed E-state index contributed by atoms with van der Waals surface area (Å²) in [6.45, 7) is 8.56. The molecule has 1 fully saturated rings. The SMILES string of the molecule is C=C(N)c1ccc(CNC(=O)c2cc(F)ccc2Oc2ccc(F)cc2)cc1.CCC[C@@H]1CCC1C. The number of ether oxygens (including phenoxy) is 1. The van der Waals surface area contributed by atoms with E-state index in [4.69, 9.17) is 10.5 Å². The van der Waals surface area contributed by atoms with Gasteiger partial charge in [0.25, 0.3) is 5.91 Å². The van der Waals surface area contributed by atoms with Gasteiger partial charge in [-0.2, -0.15) is 0 Å². The third kappa shape index (κ3) is 7.67. The molecule has 0 aromatic heterocycles. The first-order valence-electron chi connectivity index (χ1n) is 12.3. The third-order valence-electron chi connectivity index (χ3n) is 6.46. The van der Waals surface area contributed by atoms with Crippen LogP contribution in [0.2, 0.25) is 0 Å². The molecule has 0 saturated heterocycles. The van der Waals surface area contributed by atoms with Crippen LogP contribution in [0.1, 0.15) is 61.0 Å². The van der Waals surface area contributed by atoms with Crippen molar-refractivity contribution in [2.45, 2.75) is 46.1 Å². The van der Waals surface area contributed by atoms with Crippen LogP contribution in [0.5, 0.6) is 11.5 Å². The number of carbonyl (C=O) groups is 1. The van der Waals surface area contributed by atoms with E-state index in [0.717, 1.165) is 29.0 Å². The molecule has 3 aromatic rings. The van der Waals surface area contributed by atoms with Crippen LogP contribution in [-0.4, -0.2) is 5.91 Å². The van der Waals surface area contributed by atoms with Crippen molar-refractivity contribution in [3.8, 4) is 11.5 Å². The van der Waals surface area contributed by atoms with Gasteiger partial charge in [-0.05, 0) is 71.8 Å². The number of benzene rings is 3. The number of hydrogen-bond acceptors (Lipinski definition) is 3. The maximum atomic E-state index is 13.7. The van der Waals surface area contributed by atoms with Crippen LogP contribution in [0.15, 0.2) is 73.3 Å². The monoisotopic (exact) mass is 492 g/mol. The minimum Gasteiger partial charge on any atom is -0.457 e. The van der Waals surface area contributed by atoms with E-state index in [1.54, 1.807) is 12.1 Å². The smallest absolute Gasteiger partial charge is 0.255 e. The Morgan fingerprint density at radius 2 is 1.69 bits per heavy atom. The lowest BCUT2D eigenvalue weighted by atomic mass is 9.73. The summed E-state index contributed by atoms with van der Waals surface area (Å²) in [5.41, 5.74) is 7.77. The van der Waals surface area contributed by atoms with Gasteiger partial charge >= 0.3 is 0 Å². The second-order valence-corrected chi connectivity index (χ2v) is 9.20. The number of amides is 1. The van der Waals surface area contributed by atoms with Crippen LogP contribution in [-0.2, 0) is 6.54 Å². The van der Waals surface area contributed by atoms with Crippen LogP contribution in [0, 0.1) is 23.5 Å². The van der Waals surface area contributed by atoms with E-state index in [0.29, 0.717) is 11.4 Å². The van der Waals surface area contributed by atoms with Crippen molar-refractivity contribution in [1.82, 2.24) is 5.32 Å². The number of halogens is 2. The summed E-state index contributed by atoms with van der Waals surface area (Å²) < 4.78 is 32.3. The van der Waals surface area contributed by atoms with Gasteiger partial charge in [0.05, 0.1) is 5.56 Å². The Labute approximate surface area is 212 Å². The fourth-order valence-electron chi connectivity index (χ4n) is 4.05. The van der Waals surface area contributed by atoms with Gasteiger partial charge in [0, 0.05) is 12.2 Å². The molecule has 1 amide bonds. The van der Waals surface area contributed by atoms with Gasteiger partial charge in [0.15, 0.2) is 0 Å². The first kappa shape index (κ1) is 26.9. The van der Waals surface area contributed by atoms with Gasteiger partial charge in [0.2, 0.25) is 0 Å². The van der Waals surface area contributed by atoms with Gasteiger partial charge in [-0.25, -0.2) is 8.78 Å². The Balaban J connectivity index is 0.000000383. The van der Waals surface area contributed by atoms with E-state index < -0.39 is 17.5 Å². The molecule has 1 aliphatic carbocycles. The Hall–Kier alpha value is -3.67. The Bertz CT molecular complexity index is 1160. The zero-order valence-electron chi connectivity index (χ0n) is 20.9. The quantitative estimate of drug-likeness (QED) is 0.343. The molecule has 4 rings (SSSR count). The molecule has 3 aromatic carbocycles. The Morgan fingerprint density at radius 3 is 2.22 bits per heavy atom. The van der Waals surface area contributed by atoms with Crippen LogP contribution >= 0.6 is 0 Å². The van der Waals surface area contributed by atoms with Crippen molar-refractivity contribution in [3.05, 3.63) is 102 Å². The van der Waals surface area contributed by atoms with Crippen molar-refractivity contribution in [1.29, 1.82) is 0 Å². The zero-order valence-corrected chi connectivity index (χ0v) is 20.9. The number of nitrogens with one attached hydrogen (secondary N) is 1. The molecule has 6 heteroatoms. The average molecular weight is 493 g/mol. The Kier molecular flexibility index (Phi) is 9.62. The normalized spacial score (nSPS) is 16.2. The second kappa shape index (κ2) is 12.9. The van der Waals surface area contributed by atoms with E-state index in [1.165, 1.54) is 62.1 Å².